The lowest BCUT2D eigenvalue weighted by molar-refractivity contribution is -0.121. The maximum atomic E-state index is 5.30. The number of hydrogen-bond acceptors (Lipinski definition) is 4. The van der Waals surface area contributed by atoms with Gasteiger partial charge < -0.3 is 14.8 Å². The van der Waals surface area contributed by atoms with E-state index in [2.05, 4.69) is 28.5 Å². The molecule has 1 aromatic heterocycles. The van der Waals surface area contributed by atoms with E-state index in [1.165, 1.54) is 0 Å². The van der Waals surface area contributed by atoms with Crippen LogP contribution in [0.3, 0.4) is 0 Å². The average Bonchev–Trinajstić information content (AvgIpc) is 2.47. The third-order valence-corrected chi connectivity index (χ3v) is 3.25. The van der Waals surface area contributed by atoms with E-state index in [9.17, 15) is 0 Å². The lowest BCUT2D eigenvalue weighted by Gasteiger charge is -2.24. The molecule has 0 fully saturated rings. The van der Waals surface area contributed by atoms with Crippen LogP contribution in [0.5, 0.6) is 0 Å². The molecule has 0 spiro atoms. The van der Waals surface area contributed by atoms with Crippen LogP contribution in [0.2, 0.25) is 0 Å². The van der Waals surface area contributed by atoms with Gasteiger partial charge in [0.2, 0.25) is 0 Å². The predicted octanol–water partition coefficient (Wildman–Crippen LogP) is 1.98. The first kappa shape index (κ1) is 13.9. The van der Waals surface area contributed by atoms with Crippen LogP contribution >= 0.6 is 0 Å². The van der Waals surface area contributed by atoms with Crippen LogP contribution in [0, 0.1) is 0 Å². The number of ether oxygens (including phenoxy) is 2. The van der Waals surface area contributed by atoms with Gasteiger partial charge in [0.05, 0.1) is 11.6 Å². The van der Waals surface area contributed by atoms with Crippen LogP contribution in [0.4, 0.5) is 0 Å². The second-order valence-electron chi connectivity index (χ2n) is 4.43. The molecule has 2 rings (SSSR count). The largest absolute Gasteiger partial charge is 0.354 e. The summed E-state index contributed by atoms with van der Waals surface area (Å²) >= 11 is 0. The first-order chi connectivity index (χ1) is 9.28. The zero-order valence-corrected chi connectivity index (χ0v) is 11.6. The normalized spacial score (nSPS) is 13.1. The van der Waals surface area contributed by atoms with Gasteiger partial charge in [-0.15, -0.1) is 0 Å². The highest BCUT2D eigenvalue weighted by molar-refractivity contribution is 5.78. The van der Waals surface area contributed by atoms with Gasteiger partial charge in [-0.2, -0.15) is 0 Å². The van der Waals surface area contributed by atoms with Crippen molar-refractivity contribution >= 4 is 10.9 Å². The van der Waals surface area contributed by atoms with Crippen molar-refractivity contribution in [2.24, 2.45) is 0 Å². The van der Waals surface area contributed by atoms with E-state index in [1.54, 1.807) is 14.2 Å². The Hall–Kier alpha value is -1.49. The Balaban J connectivity index is 2.19. The molecule has 0 aliphatic rings. The molecule has 0 amide bonds. The highest BCUT2D eigenvalue weighted by Crippen LogP contribution is 2.14. The summed E-state index contributed by atoms with van der Waals surface area (Å²) in [4.78, 5) is 4.66. The summed E-state index contributed by atoms with van der Waals surface area (Å²) in [5.74, 6) is 0. The molecule has 1 N–H and O–H groups in total. The summed E-state index contributed by atoms with van der Waals surface area (Å²) in [6.45, 7) is 0. The number of para-hydroxylation sites is 1. The van der Waals surface area contributed by atoms with E-state index in [4.69, 9.17) is 9.47 Å². The van der Waals surface area contributed by atoms with Crippen molar-refractivity contribution in [1.82, 2.24) is 10.3 Å². The van der Waals surface area contributed by atoms with Gasteiger partial charge in [-0.1, -0.05) is 24.3 Å². The molecule has 1 atom stereocenters. The predicted molar refractivity (Wildman–Crippen MR) is 76.1 cm³/mol. The van der Waals surface area contributed by atoms with Gasteiger partial charge in [-0.25, -0.2) is 0 Å². The van der Waals surface area contributed by atoms with Gasteiger partial charge >= 0.3 is 0 Å². The summed E-state index contributed by atoms with van der Waals surface area (Å²) in [6, 6.07) is 12.3. The van der Waals surface area contributed by atoms with E-state index in [-0.39, 0.29) is 12.3 Å². The summed E-state index contributed by atoms with van der Waals surface area (Å²) in [6.07, 6.45) is 0.478. The fourth-order valence-corrected chi connectivity index (χ4v) is 2.21. The number of benzene rings is 1. The van der Waals surface area contributed by atoms with Crippen LogP contribution in [0.25, 0.3) is 10.9 Å². The zero-order valence-electron chi connectivity index (χ0n) is 11.6. The van der Waals surface area contributed by atoms with Gasteiger partial charge in [0.25, 0.3) is 0 Å². The van der Waals surface area contributed by atoms with Crippen molar-refractivity contribution in [3.8, 4) is 0 Å². The van der Waals surface area contributed by atoms with Gasteiger partial charge in [0.15, 0.2) is 6.29 Å². The number of fused-ring (bicyclic) bond motifs is 1. The van der Waals surface area contributed by atoms with Gasteiger partial charge in [0, 0.05) is 31.7 Å². The molecular formula is C15H20N2O2. The summed E-state index contributed by atoms with van der Waals surface area (Å²) in [5, 5.41) is 4.37. The fourth-order valence-electron chi connectivity index (χ4n) is 2.21. The summed E-state index contributed by atoms with van der Waals surface area (Å²) < 4.78 is 10.6. The topological polar surface area (TPSA) is 43.4 Å². The lowest BCUT2D eigenvalue weighted by Crippen LogP contribution is -2.41. The van der Waals surface area contributed by atoms with E-state index >= 15 is 0 Å². The van der Waals surface area contributed by atoms with Crippen LogP contribution in [0.15, 0.2) is 36.4 Å². The maximum Gasteiger partial charge on any atom is 0.172 e. The molecule has 1 aromatic carbocycles. The molecule has 0 aliphatic heterocycles. The Morgan fingerprint density at radius 1 is 1.11 bits per heavy atom. The van der Waals surface area contributed by atoms with Crippen molar-refractivity contribution < 1.29 is 9.47 Å². The van der Waals surface area contributed by atoms with E-state index in [1.807, 2.05) is 25.2 Å². The molecule has 4 nitrogen and oxygen atoms in total. The molecule has 102 valence electrons. The number of methoxy groups -OCH3 is 2. The molecule has 0 saturated carbocycles. The minimum absolute atomic E-state index is 0.0728. The molecule has 0 bridgehead atoms. The second-order valence-corrected chi connectivity index (χ2v) is 4.43. The zero-order chi connectivity index (χ0) is 13.7. The number of hydrogen-bond donors (Lipinski definition) is 1. The number of aromatic nitrogens is 1. The van der Waals surface area contributed by atoms with Gasteiger partial charge in [-0.3, -0.25) is 4.98 Å². The highest BCUT2D eigenvalue weighted by atomic mass is 16.7. The third kappa shape index (κ3) is 3.29. The minimum atomic E-state index is -0.279. The molecular weight excluding hydrogens is 240 g/mol. The quantitative estimate of drug-likeness (QED) is 0.807. The summed E-state index contributed by atoms with van der Waals surface area (Å²) in [7, 11) is 5.19. The molecule has 2 aromatic rings. The first-order valence-corrected chi connectivity index (χ1v) is 6.36. The molecule has 0 saturated heterocycles. The van der Waals surface area contributed by atoms with Crippen molar-refractivity contribution in [3.05, 3.63) is 42.1 Å². The Kier molecular flexibility index (Phi) is 4.85. The Morgan fingerprint density at radius 2 is 1.84 bits per heavy atom. The molecule has 0 radical (unpaired) electrons. The standard InChI is InChI=1S/C15H20N2O2/c1-16-14(15(18-2)19-3)10-12-9-8-11-6-4-5-7-13(11)17-12/h4-9,14-16H,10H2,1-3H3. The van der Waals surface area contributed by atoms with Crippen molar-refractivity contribution in [2.45, 2.75) is 18.8 Å². The Labute approximate surface area is 113 Å². The van der Waals surface area contributed by atoms with E-state index in [0.29, 0.717) is 0 Å². The Bertz CT molecular complexity index is 526. The van der Waals surface area contributed by atoms with Crippen molar-refractivity contribution in [3.63, 3.8) is 0 Å². The number of nitrogens with zero attached hydrogens (tertiary/aromatic N) is 1. The molecule has 4 heteroatoms. The molecule has 1 unspecified atom stereocenters. The van der Waals surface area contributed by atoms with Gasteiger partial charge in [-0.05, 0) is 19.2 Å². The first-order valence-electron chi connectivity index (χ1n) is 6.36. The molecule has 1 heterocycles. The van der Waals surface area contributed by atoms with E-state index in [0.717, 1.165) is 23.0 Å². The number of pyridine rings is 1. The third-order valence-electron chi connectivity index (χ3n) is 3.25. The number of likely N-dealkylation sites (N-methyl/N-ethyl adjacent to an activating group) is 1. The summed E-state index contributed by atoms with van der Waals surface area (Å²) in [5.41, 5.74) is 2.04. The molecule has 19 heavy (non-hydrogen) atoms. The SMILES string of the molecule is CNC(Cc1ccc2ccccc2n1)C(OC)OC. The smallest absolute Gasteiger partial charge is 0.172 e. The minimum Gasteiger partial charge on any atom is -0.354 e. The molecule has 0 aliphatic carbocycles. The average molecular weight is 260 g/mol. The van der Waals surface area contributed by atoms with Crippen LogP contribution in [0.1, 0.15) is 5.69 Å². The van der Waals surface area contributed by atoms with E-state index < -0.39 is 0 Å². The number of nitrogens with one attached hydrogen (secondary N) is 1. The fraction of sp³-hybridized carbons (Fsp3) is 0.400. The van der Waals surface area contributed by atoms with Crippen molar-refractivity contribution in [1.29, 1.82) is 0 Å². The highest BCUT2D eigenvalue weighted by Gasteiger charge is 2.20. The van der Waals surface area contributed by atoms with Crippen LogP contribution in [-0.4, -0.2) is 38.6 Å². The second kappa shape index (κ2) is 6.61. The van der Waals surface area contributed by atoms with Crippen molar-refractivity contribution in [2.75, 3.05) is 21.3 Å². The van der Waals surface area contributed by atoms with Crippen LogP contribution in [-0.2, 0) is 15.9 Å². The van der Waals surface area contributed by atoms with Crippen LogP contribution < -0.4 is 5.32 Å². The monoisotopic (exact) mass is 260 g/mol. The lowest BCUT2D eigenvalue weighted by atomic mass is 10.1. The Morgan fingerprint density at radius 3 is 2.53 bits per heavy atom. The number of rotatable bonds is 6. The van der Waals surface area contributed by atoms with Gasteiger partial charge in [0.1, 0.15) is 0 Å². The maximum absolute atomic E-state index is 5.30.